The van der Waals surface area contributed by atoms with Gasteiger partial charge in [0.25, 0.3) is 0 Å². The number of hydrogen-bond acceptors (Lipinski definition) is 4. The number of fused-ring (bicyclic) bond motifs is 1. The van der Waals surface area contributed by atoms with Crippen molar-refractivity contribution in [3.8, 4) is 6.07 Å². The van der Waals surface area contributed by atoms with E-state index >= 15 is 0 Å². The van der Waals surface area contributed by atoms with Gasteiger partial charge in [-0.1, -0.05) is 13.8 Å². The highest BCUT2D eigenvalue weighted by molar-refractivity contribution is 9.10. The summed E-state index contributed by atoms with van der Waals surface area (Å²) >= 11 is 3.47. The van der Waals surface area contributed by atoms with Crippen LogP contribution in [0, 0.1) is 11.3 Å². The number of nitriles is 1. The van der Waals surface area contributed by atoms with Crippen molar-refractivity contribution >= 4 is 27.7 Å². The summed E-state index contributed by atoms with van der Waals surface area (Å²) in [7, 11) is 1.66. The summed E-state index contributed by atoms with van der Waals surface area (Å²) in [5, 5.41) is 8.95. The van der Waals surface area contributed by atoms with Crippen LogP contribution >= 0.6 is 15.9 Å². The Morgan fingerprint density at radius 3 is 2.58 bits per heavy atom. The van der Waals surface area contributed by atoms with E-state index in [-0.39, 0.29) is 0 Å². The normalized spacial score (nSPS) is 10.6. The van der Waals surface area contributed by atoms with Gasteiger partial charge in [-0.3, -0.25) is 4.40 Å². The summed E-state index contributed by atoms with van der Waals surface area (Å²) in [6.07, 6.45) is 1.29. The summed E-state index contributed by atoms with van der Waals surface area (Å²) < 4.78 is 7.81. The van der Waals surface area contributed by atoms with Gasteiger partial charge in [0.15, 0.2) is 0 Å². The molecular weight excluding hydrogens is 372 g/mol. The Hall–Kier alpha value is -2.07. The SMILES string of the molecule is CC.CN(Cc1nc2ccc(C#N)cn2c1Br)C(=O)OC(C)(C)C. The second-order valence-electron chi connectivity index (χ2n) is 5.94. The molecule has 0 fully saturated rings. The molecule has 0 aliphatic carbocycles. The predicted molar refractivity (Wildman–Crippen MR) is 96.7 cm³/mol. The molecule has 0 bridgehead atoms. The number of pyridine rings is 1. The molecule has 130 valence electrons. The molecule has 0 aliphatic heterocycles. The number of amides is 1. The zero-order valence-electron chi connectivity index (χ0n) is 14.9. The number of hydrogen-bond donors (Lipinski definition) is 0. The van der Waals surface area contributed by atoms with Crippen molar-refractivity contribution in [1.82, 2.24) is 14.3 Å². The highest BCUT2D eigenvalue weighted by Gasteiger charge is 2.21. The molecule has 0 radical (unpaired) electrons. The number of rotatable bonds is 2. The van der Waals surface area contributed by atoms with Crippen molar-refractivity contribution in [3.05, 3.63) is 34.2 Å². The van der Waals surface area contributed by atoms with Gasteiger partial charge in [0.2, 0.25) is 0 Å². The number of nitrogens with zero attached hydrogens (tertiary/aromatic N) is 4. The first-order valence-corrected chi connectivity index (χ1v) is 8.51. The molecule has 24 heavy (non-hydrogen) atoms. The van der Waals surface area contributed by atoms with Gasteiger partial charge in [0.05, 0.1) is 17.8 Å². The molecule has 0 aromatic carbocycles. The van der Waals surface area contributed by atoms with Crippen molar-refractivity contribution in [3.63, 3.8) is 0 Å². The number of carbonyl (C=O) groups is 1. The van der Waals surface area contributed by atoms with Gasteiger partial charge < -0.3 is 9.64 Å². The molecule has 0 atom stereocenters. The first-order chi connectivity index (χ1) is 11.2. The largest absolute Gasteiger partial charge is 0.444 e. The van der Waals surface area contributed by atoms with Crippen molar-refractivity contribution in [2.24, 2.45) is 0 Å². The zero-order chi connectivity index (χ0) is 18.5. The number of ether oxygens (including phenoxy) is 1. The molecule has 6 nitrogen and oxygen atoms in total. The van der Waals surface area contributed by atoms with Crippen LogP contribution in [0.3, 0.4) is 0 Å². The van der Waals surface area contributed by atoms with E-state index in [4.69, 9.17) is 10.00 Å². The molecule has 0 unspecified atom stereocenters. The lowest BCUT2D eigenvalue weighted by Crippen LogP contribution is -2.33. The standard InChI is InChI=1S/C15H17BrN4O2.C2H6/c1-15(2,3)22-14(21)19(4)9-11-13(16)20-8-10(7-17)5-6-12(20)18-11;1-2/h5-6,8H,9H2,1-4H3;1-2H3. The highest BCUT2D eigenvalue weighted by Crippen LogP contribution is 2.21. The molecule has 0 saturated carbocycles. The smallest absolute Gasteiger partial charge is 0.410 e. The van der Waals surface area contributed by atoms with Crippen molar-refractivity contribution in [2.45, 2.75) is 46.8 Å². The highest BCUT2D eigenvalue weighted by atomic mass is 79.9. The summed E-state index contributed by atoms with van der Waals surface area (Å²) in [5.74, 6) is 0. The van der Waals surface area contributed by atoms with E-state index in [1.807, 2.05) is 34.6 Å². The Kier molecular flexibility index (Phi) is 6.79. The van der Waals surface area contributed by atoms with E-state index < -0.39 is 11.7 Å². The van der Waals surface area contributed by atoms with E-state index in [0.717, 1.165) is 4.60 Å². The summed E-state index contributed by atoms with van der Waals surface area (Å²) in [4.78, 5) is 17.9. The minimum absolute atomic E-state index is 0.305. The maximum absolute atomic E-state index is 12.0. The monoisotopic (exact) mass is 394 g/mol. The van der Waals surface area contributed by atoms with Crippen LogP contribution in [-0.2, 0) is 11.3 Å². The van der Waals surface area contributed by atoms with Crippen molar-refractivity contribution < 1.29 is 9.53 Å². The topological polar surface area (TPSA) is 70.6 Å². The second kappa shape index (κ2) is 8.15. The Bertz CT molecular complexity index is 756. The molecule has 0 N–H and O–H groups in total. The summed E-state index contributed by atoms with van der Waals surface area (Å²) in [6, 6.07) is 5.56. The van der Waals surface area contributed by atoms with E-state index in [0.29, 0.717) is 23.4 Å². The van der Waals surface area contributed by atoms with Gasteiger partial charge >= 0.3 is 6.09 Å². The van der Waals surface area contributed by atoms with Gasteiger partial charge in [-0.05, 0) is 48.8 Å². The van der Waals surface area contributed by atoms with Crippen LogP contribution in [0.1, 0.15) is 45.9 Å². The number of halogens is 1. The van der Waals surface area contributed by atoms with Crippen LogP contribution in [-0.4, -0.2) is 33.0 Å². The molecule has 2 aromatic rings. The van der Waals surface area contributed by atoms with Gasteiger partial charge in [-0.25, -0.2) is 9.78 Å². The summed E-state index contributed by atoms with van der Waals surface area (Å²) in [6.45, 7) is 9.77. The average molecular weight is 395 g/mol. The molecule has 2 aromatic heterocycles. The molecule has 2 heterocycles. The number of carbonyl (C=O) groups excluding carboxylic acids is 1. The average Bonchev–Trinajstić information content (AvgIpc) is 2.83. The Morgan fingerprint density at radius 1 is 1.42 bits per heavy atom. The van der Waals surface area contributed by atoms with E-state index in [9.17, 15) is 4.79 Å². The zero-order valence-corrected chi connectivity index (χ0v) is 16.5. The third kappa shape index (κ3) is 4.96. The van der Waals surface area contributed by atoms with Crippen LogP contribution in [0.2, 0.25) is 0 Å². The van der Waals surface area contributed by atoms with Crippen LogP contribution in [0.25, 0.3) is 5.65 Å². The van der Waals surface area contributed by atoms with E-state index in [1.165, 1.54) is 4.90 Å². The predicted octanol–water partition coefficient (Wildman–Crippen LogP) is 4.36. The molecule has 2 rings (SSSR count). The van der Waals surface area contributed by atoms with Crippen molar-refractivity contribution in [2.75, 3.05) is 7.05 Å². The van der Waals surface area contributed by atoms with E-state index in [2.05, 4.69) is 27.0 Å². The van der Waals surface area contributed by atoms with E-state index in [1.54, 1.807) is 29.8 Å². The van der Waals surface area contributed by atoms with Gasteiger partial charge in [0, 0.05) is 13.2 Å². The lowest BCUT2D eigenvalue weighted by Gasteiger charge is -2.24. The number of aromatic nitrogens is 2. The fourth-order valence-electron chi connectivity index (χ4n) is 1.86. The molecule has 0 saturated heterocycles. The Labute approximate surface area is 151 Å². The first kappa shape index (κ1) is 20.0. The lowest BCUT2D eigenvalue weighted by molar-refractivity contribution is 0.0283. The number of imidazole rings is 1. The first-order valence-electron chi connectivity index (χ1n) is 7.72. The maximum Gasteiger partial charge on any atom is 0.410 e. The fraction of sp³-hybridized carbons (Fsp3) is 0.471. The quantitative estimate of drug-likeness (QED) is 0.758. The maximum atomic E-state index is 12.0. The molecule has 7 heteroatoms. The van der Waals surface area contributed by atoms with Crippen LogP contribution in [0.5, 0.6) is 0 Å². The molecule has 1 amide bonds. The van der Waals surface area contributed by atoms with Gasteiger partial charge in [0.1, 0.15) is 21.9 Å². The minimum Gasteiger partial charge on any atom is -0.444 e. The van der Waals surface area contributed by atoms with Crippen LogP contribution < -0.4 is 0 Å². The fourth-order valence-corrected chi connectivity index (χ4v) is 2.36. The Morgan fingerprint density at radius 2 is 2.04 bits per heavy atom. The second-order valence-corrected chi connectivity index (χ2v) is 6.69. The van der Waals surface area contributed by atoms with Crippen molar-refractivity contribution in [1.29, 1.82) is 5.26 Å². The minimum atomic E-state index is -0.539. The van der Waals surface area contributed by atoms with Gasteiger partial charge in [-0.15, -0.1) is 0 Å². The molecule has 0 spiro atoms. The molecule has 0 aliphatic rings. The third-order valence-corrected chi connectivity index (χ3v) is 3.69. The van der Waals surface area contributed by atoms with Gasteiger partial charge in [-0.2, -0.15) is 5.26 Å². The van der Waals surface area contributed by atoms with Crippen LogP contribution in [0.15, 0.2) is 22.9 Å². The Balaban J connectivity index is 0.00000139. The van der Waals surface area contributed by atoms with Crippen LogP contribution in [0.4, 0.5) is 4.79 Å². The lowest BCUT2D eigenvalue weighted by atomic mass is 10.2. The summed E-state index contributed by atoms with van der Waals surface area (Å²) in [5.41, 5.74) is 1.41. The molecular formula is C17H23BrN4O2. The third-order valence-electron chi connectivity index (χ3n) is 2.85.